The lowest BCUT2D eigenvalue weighted by Crippen LogP contribution is -2.08. The minimum atomic E-state index is 0.0316. The standard InChI is InChI=1S/C17H20P2/c1-4-10-16(11-5-1)18-14-8-3-9-15-19(18)17-12-6-2-7-13-17/h1-2,4-7,10-13H,3,8-9,14-15H2. The minimum Gasteiger partial charge on any atom is -0.0622 e. The molecule has 1 fully saturated rings. The third-order valence-electron chi connectivity index (χ3n) is 3.64. The van der Waals surface area contributed by atoms with Crippen LogP contribution in [-0.4, -0.2) is 12.3 Å². The van der Waals surface area contributed by atoms with Crippen molar-refractivity contribution in [3.8, 4) is 0 Å². The van der Waals surface area contributed by atoms with Crippen LogP contribution < -0.4 is 10.6 Å². The highest BCUT2D eigenvalue weighted by atomic mass is 32.1. The van der Waals surface area contributed by atoms with Crippen LogP contribution in [0.2, 0.25) is 0 Å². The first-order chi connectivity index (χ1) is 9.45. The highest BCUT2D eigenvalue weighted by Crippen LogP contribution is 2.68. The zero-order valence-electron chi connectivity index (χ0n) is 11.2. The average molecular weight is 286 g/mol. The first kappa shape index (κ1) is 13.3. The quantitative estimate of drug-likeness (QED) is 0.702. The predicted molar refractivity (Wildman–Crippen MR) is 89.6 cm³/mol. The lowest BCUT2D eigenvalue weighted by molar-refractivity contribution is 0.788. The van der Waals surface area contributed by atoms with Crippen molar-refractivity contribution in [2.45, 2.75) is 19.3 Å². The summed E-state index contributed by atoms with van der Waals surface area (Å²) in [5.74, 6) is 0. The van der Waals surface area contributed by atoms with E-state index in [9.17, 15) is 0 Å². The van der Waals surface area contributed by atoms with Crippen LogP contribution in [0.1, 0.15) is 19.3 Å². The van der Waals surface area contributed by atoms with Crippen LogP contribution in [0.5, 0.6) is 0 Å². The van der Waals surface area contributed by atoms with E-state index in [-0.39, 0.29) is 15.2 Å². The fourth-order valence-electron chi connectivity index (χ4n) is 2.68. The van der Waals surface area contributed by atoms with Gasteiger partial charge in [-0.15, -0.1) is 0 Å². The molecule has 0 aromatic heterocycles. The molecule has 0 bridgehead atoms. The van der Waals surface area contributed by atoms with Crippen molar-refractivity contribution in [2.75, 3.05) is 12.3 Å². The van der Waals surface area contributed by atoms with E-state index in [1.54, 1.807) is 10.6 Å². The van der Waals surface area contributed by atoms with E-state index in [1.807, 2.05) is 0 Å². The third kappa shape index (κ3) is 3.25. The number of benzene rings is 2. The molecule has 0 N–H and O–H groups in total. The lowest BCUT2D eigenvalue weighted by atomic mass is 10.3. The Hall–Kier alpha value is -0.700. The summed E-state index contributed by atoms with van der Waals surface area (Å²) in [6.45, 7) is 0. The molecular weight excluding hydrogens is 266 g/mol. The normalized spacial score (nSPS) is 23.8. The first-order valence-corrected chi connectivity index (χ1v) is 10.9. The summed E-state index contributed by atoms with van der Waals surface area (Å²) >= 11 is 0. The Morgan fingerprint density at radius 1 is 0.526 bits per heavy atom. The molecule has 3 rings (SSSR count). The average Bonchev–Trinajstić information content (AvgIpc) is 2.75. The Morgan fingerprint density at radius 3 is 1.37 bits per heavy atom. The maximum absolute atomic E-state index is 2.36. The van der Waals surface area contributed by atoms with Gasteiger partial charge in [-0.25, -0.2) is 0 Å². The van der Waals surface area contributed by atoms with Gasteiger partial charge in [0.2, 0.25) is 0 Å². The van der Waals surface area contributed by atoms with Crippen molar-refractivity contribution in [1.82, 2.24) is 0 Å². The molecule has 0 spiro atoms. The summed E-state index contributed by atoms with van der Waals surface area (Å²) in [7, 11) is 0.0633. The maximum Gasteiger partial charge on any atom is -0.0193 e. The van der Waals surface area contributed by atoms with Gasteiger partial charge in [0.15, 0.2) is 0 Å². The highest BCUT2D eigenvalue weighted by molar-refractivity contribution is 8.35. The van der Waals surface area contributed by atoms with E-state index >= 15 is 0 Å². The summed E-state index contributed by atoms with van der Waals surface area (Å²) < 4.78 is 0. The summed E-state index contributed by atoms with van der Waals surface area (Å²) in [6, 6.07) is 22.5. The van der Waals surface area contributed by atoms with Gasteiger partial charge in [0.25, 0.3) is 0 Å². The van der Waals surface area contributed by atoms with Crippen molar-refractivity contribution in [2.24, 2.45) is 0 Å². The maximum atomic E-state index is 2.36. The predicted octanol–water partition coefficient (Wildman–Crippen LogP) is 4.70. The Bertz CT molecular complexity index is 448. The molecule has 2 heteroatoms. The first-order valence-electron chi connectivity index (χ1n) is 7.10. The number of hydrogen-bond donors (Lipinski definition) is 0. The largest absolute Gasteiger partial charge is 0.0622 e. The molecule has 98 valence electrons. The fourth-order valence-corrected chi connectivity index (χ4v) is 11.1. The van der Waals surface area contributed by atoms with Crippen LogP contribution in [-0.2, 0) is 0 Å². The molecule has 0 saturated carbocycles. The van der Waals surface area contributed by atoms with Gasteiger partial charge in [-0.3, -0.25) is 0 Å². The van der Waals surface area contributed by atoms with Gasteiger partial charge < -0.3 is 0 Å². The van der Waals surface area contributed by atoms with Crippen molar-refractivity contribution in [3.63, 3.8) is 0 Å². The second kappa shape index (κ2) is 6.65. The second-order valence-corrected chi connectivity index (χ2v) is 11.4. The molecule has 1 aliphatic heterocycles. The van der Waals surface area contributed by atoms with Gasteiger partial charge in [0.1, 0.15) is 0 Å². The fraction of sp³-hybridized carbons (Fsp3) is 0.294. The number of rotatable bonds is 2. The molecule has 2 atom stereocenters. The molecule has 0 aliphatic carbocycles. The van der Waals surface area contributed by atoms with Crippen molar-refractivity contribution in [3.05, 3.63) is 60.7 Å². The second-order valence-electron chi connectivity index (χ2n) is 4.98. The van der Waals surface area contributed by atoms with Crippen LogP contribution in [0.4, 0.5) is 0 Å². The Labute approximate surface area is 118 Å². The topological polar surface area (TPSA) is 0 Å². The van der Waals surface area contributed by atoms with Gasteiger partial charge in [-0.2, -0.15) is 0 Å². The van der Waals surface area contributed by atoms with E-state index in [4.69, 9.17) is 0 Å². The Morgan fingerprint density at radius 2 is 0.947 bits per heavy atom. The molecule has 2 aromatic carbocycles. The highest BCUT2D eigenvalue weighted by Gasteiger charge is 2.25. The summed E-state index contributed by atoms with van der Waals surface area (Å²) in [5, 5.41) is 3.24. The zero-order valence-corrected chi connectivity index (χ0v) is 13.0. The van der Waals surface area contributed by atoms with Gasteiger partial charge in [0.05, 0.1) is 0 Å². The van der Waals surface area contributed by atoms with Gasteiger partial charge in [-0.1, -0.05) is 67.1 Å². The third-order valence-corrected chi connectivity index (χ3v) is 11.8. The van der Waals surface area contributed by atoms with E-state index < -0.39 is 0 Å². The SMILES string of the molecule is c1ccc(P2CCCCCP2c2ccccc2)cc1. The van der Waals surface area contributed by atoms with Crippen molar-refractivity contribution < 1.29 is 0 Å². The smallest absolute Gasteiger partial charge is 0.0193 e. The van der Waals surface area contributed by atoms with Crippen LogP contribution in [0.3, 0.4) is 0 Å². The number of hydrogen-bond acceptors (Lipinski definition) is 0. The zero-order chi connectivity index (χ0) is 12.9. The molecule has 1 heterocycles. The minimum absolute atomic E-state index is 0.0316. The van der Waals surface area contributed by atoms with Crippen LogP contribution in [0.15, 0.2) is 60.7 Å². The molecule has 0 nitrogen and oxygen atoms in total. The van der Waals surface area contributed by atoms with Gasteiger partial charge >= 0.3 is 0 Å². The molecule has 1 saturated heterocycles. The molecule has 0 radical (unpaired) electrons. The molecular formula is C17H20P2. The Balaban J connectivity index is 1.94. The van der Waals surface area contributed by atoms with Crippen molar-refractivity contribution >= 4 is 25.8 Å². The van der Waals surface area contributed by atoms with E-state index in [0.717, 1.165) is 0 Å². The van der Waals surface area contributed by atoms with Crippen molar-refractivity contribution in [1.29, 1.82) is 0 Å². The lowest BCUT2D eigenvalue weighted by Gasteiger charge is -2.27. The van der Waals surface area contributed by atoms with Crippen LogP contribution >= 0.6 is 15.2 Å². The van der Waals surface area contributed by atoms with Gasteiger partial charge in [-0.05, 0) is 51.0 Å². The Kier molecular flexibility index (Phi) is 4.65. The summed E-state index contributed by atoms with van der Waals surface area (Å²) in [6.07, 6.45) is 7.13. The van der Waals surface area contributed by atoms with E-state index in [1.165, 1.54) is 31.6 Å². The molecule has 2 unspecified atom stereocenters. The molecule has 1 aliphatic rings. The van der Waals surface area contributed by atoms with E-state index in [2.05, 4.69) is 60.7 Å². The molecule has 19 heavy (non-hydrogen) atoms. The summed E-state index contributed by atoms with van der Waals surface area (Å²) in [5.41, 5.74) is 0. The molecule has 2 aromatic rings. The van der Waals surface area contributed by atoms with Gasteiger partial charge in [0, 0.05) is 0 Å². The summed E-state index contributed by atoms with van der Waals surface area (Å²) in [4.78, 5) is 0. The van der Waals surface area contributed by atoms with Crippen LogP contribution in [0, 0.1) is 0 Å². The monoisotopic (exact) mass is 286 g/mol. The van der Waals surface area contributed by atoms with Crippen LogP contribution in [0.25, 0.3) is 0 Å². The van der Waals surface area contributed by atoms with E-state index in [0.29, 0.717) is 0 Å². The molecule has 0 amide bonds.